The van der Waals surface area contributed by atoms with Crippen molar-refractivity contribution in [2.45, 2.75) is 6.42 Å². The second-order valence-corrected chi connectivity index (χ2v) is 3.72. The van der Waals surface area contributed by atoms with Crippen molar-refractivity contribution in [3.63, 3.8) is 0 Å². The molecule has 1 heterocycles. The van der Waals surface area contributed by atoms with Crippen LogP contribution in [0.5, 0.6) is 0 Å². The van der Waals surface area contributed by atoms with Gasteiger partial charge < -0.3 is 14.6 Å². The van der Waals surface area contributed by atoms with Crippen LogP contribution in [0, 0.1) is 11.3 Å². The van der Waals surface area contributed by atoms with E-state index in [9.17, 15) is 4.79 Å². The van der Waals surface area contributed by atoms with Gasteiger partial charge in [0.05, 0.1) is 19.1 Å². The molecule has 1 atom stereocenters. The number of carbonyl (C=O) groups is 1. The van der Waals surface area contributed by atoms with Crippen molar-refractivity contribution in [1.29, 1.82) is 0 Å². The highest BCUT2D eigenvalue weighted by molar-refractivity contribution is 5.73. The number of ether oxygens (including phenoxy) is 2. The van der Waals surface area contributed by atoms with Gasteiger partial charge in [-0.25, -0.2) is 0 Å². The minimum absolute atomic E-state index is 0.225. The summed E-state index contributed by atoms with van der Waals surface area (Å²) in [5, 5.41) is 9.10. The predicted octanol–water partition coefficient (Wildman–Crippen LogP) is 1.44. The van der Waals surface area contributed by atoms with E-state index in [1.165, 1.54) is 6.08 Å². The molecular weight excluding hydrogens is 196 g/mol. The fraction of sp³-hybridized carbons (Fsp3) is 0.545. The molecule has 84 valence electrons. The van der Waals surface area contributed by atoms with Crippen LogP contribution in [0.15, 0.2) is 25.3 Å². The number of carboxylic acids is 1. The molecule has 0 aromatic heterocycles. The van der Waals surface area contributed by atoms with Gasteiger partial charge in [-0.2, -0.15) is 0 Å². The lowest BCUT2D eigenvalue weighted by atomic mass is 9.73. The molecule has 15 heavy (non-hydrogen) atoms. The summed E-state index contributed by atoms with van der Waals surface area (Å²) in [5.41, 5.74) is -0.562. The van der Waals surface area contributed by atoms with Crippen molar-refractivity contribution in [2.75, 3.05) is 20.0 Å². The molecule has 1 rings (SSSR count). The summed E-state index contributed by atoms with van der Waals surface area (Å²) in [6, 6.07) is 0. The predicted molar refractivity (Wildman–Crippen MR) is 55.3 cm³/mol. The fourth-order valence-electron chi connectivity index (χ4n) is 1.92. The third-order valence-electron chi connectivity index (χ3n) is 2.66. The number of hydrogen-bond donors (Lipinski definition) is 1. The Morgan fingerprint density at radius 2 is 2.07 bits per heavy atom. The van der Waals surface area contributed by atoms with Gasteiger partial charge in [0, 0.05) is 5.41 Å². The second kappa shape index (κ2) is 5.09. The van der Waals surface area contributed by atoms with E-state index in [1.807, 2.05) is 0 Å². The molecular formula is C11H16O4. The van der Waals surface area contributed by atoms with Gasteiger partial charge in [-0.05, 0) is 6.42 Å². The van der Waals surface area contributed by atoms with Crippen LogP contribution in [0.4, 0.5) is 0 Å². The Morgan fingerprint density at radius 3 is 2.47 bits per heavy atom. The van der Waals surface area contributed by atoms with Gasteiger partial charge >= 0.3 is 5.97 Å². The van der Waals surface area contributed by atoms with E-state index in [1.54, 1.807) is 6.08 Å². The molecule has 1 aliphatic heterocycles. The molecule has 0 aromatic rings. The first-order chi connectivity index (χ1) is 7.16. The number of hydrogen-bond acceptors (Lipinski definition) is 3. The molecule has 0 spiro atoms. The molecule has 0 aromatic carbocycles. The highest BCUT2D eigenvalue weighted by Gasteiger charge is 2.43. The summed E-state index contributed by atoms with van der Waals surface area (Å²) in [4.78, 5) is 11.1. The first-order valence-corrected chi connectivity index (χ1v) is 4.78. The van der Waals surface area contributed by atoms with Gasteiger partial charge in [-0.3, -0.25) is 4.79 Å². The Morgan fingerprint density at radius 1 is 1.47 bits per heavy atom. The molecule has 0 radical (unpaired) electrons. The van der Waals surface area contributed by atoms with Crippen molar-refractivity contribution in [2.24, 2.45) is 11.3 Å². The van der Waals surface area contributed by atoms with Crippen molar-refractivity contribution in [1.82, 2.24) is 0 Å². The quantitative estimate of drug-likeness (QED) is 0.700. The highest BCUT2D eigenvalue weighted by Crippen LogP contribution is 2.36. The summed E-state index contributed by atoms with van der Waals surface area (Å²) in [5.74, 6) is -1.57. The van der Waals surface area contributed by atoms with E-state index in [-0.39, 0.29) is 6.79 Å². The lowest BCUT2D eigenvalue weighted by Crippen LogP contribution is -2.45. The van der Waals surface area contributed by atoms with Crippen LogP contribution in [0.2, 0.25) is 0 Å². The average Bonchev–Trinajstić information content (AvgIpc) is 2.19. The third kappa shape index (κ3) is 2.46. The smallest absolute Gasteiger partial charge is 0.311 e. The largest absolute Gasteiger partial charge is 0.481 e. The van der Waals surface area contributed by atoms with Crippen molar-refractivity contribution in [3.8, 4) is 0 Å². The van der Waals surface area contributed by atoms with Gasteiger partial charge in [0.25, 0.3) is 0 Å². The van der Waals surface area contributed by atoms with Crippen molar-refractivity contribution >= 4 is 5.97 Å². The van der Waals surface area contributed by atoms with Crippen LogP contribution in [-0.4, -0.2) is 31.1 Å². The molecule has 0 saturated carbocycles. The van der Waals surface area contributed by atoms with Crippen LogP contribution < -0.4 is 0 Å². The van der Waals surface area contributed by atoms with Gasteiger partial charge in [-0.15, -0.1) is 13.2 Å². The maximum Gasteiger partial charge on any atom is 0.311 e. The van der Waals surface area contributed by atoms with Crippen molar-refractivity contribution in [3.05, 3.63) is 25.3 Å². The number of aliphatic carboxylic acids is 1. The maximum absolute atomic E-state index is 11.1. The van der Waals surface area contributed by atoms with Crippen molar-refractivity contribution < 1.29 is 19.4 Å². The van der Waals surface area contributed by atoms with E-state index in [2.05, 4.69) is 13.2 Å². The van der Waals surface area contributed by atoms with Gasteiger partial charge in [0.15, 0.2) is 0 Å². The van der Waals surface area contributed by atoms with E-state index >= 15 is 0 Å². The summed E-state index contributed by atoms with van der Waals surface area (Å²) in [6.45, 7) is 8.15. The summed E-state index contributed by atoms with van der Waals surface area (Å²) in [7, 11) is 0. The lowest BCUT2D eigenvalue weighted by molar-refractivity contribution is -0.185. The zero-order valence-corrected chi connectivity index (χ0v) is 8.65. The molecule has 1 N–H and O–H groups in total. The molecule has 4 heteroatoms. The zero-order valence-electron chi connectivity index (χ0n) is 8.65. The van der Waals surface area contributed by atoms with Gasteiger partial charge in [0.2, 0.25) is 0 Å². The number of carboxylic acid groups (broad SMARTS) is 1. The molecule has 1 unspecified atom stereocenters. The monoisotopic (exact) mass is 212 g/mol. The Balaban J connectivity index is 2.90. The molecule has 0 bridgehead atoms. The van der Waals surface area contributed by atoms with Gasteiger partial charge in [0.1, 0.15) is 6.79 Å². The number of rotatable bonds is 5. The summed E-state index contributed by atoms with van der Waals surface area (Å²) >= 11 is 0. The first kappa shape index (κ1) is 11.9. The Kier molecular flexibility index (Phi) is 4.05. The van der Waals surface area contributed by atoms with Crippen LogP contribution in [0.25, 0.3) is 0 Å². The van der Waals surface area contributed by atoms with E-state index in [4.69, 9.17) is 14.6 Å². The normalized spacial score (nSPS) is 21.6. The van der Waals surface area contributed by atoms with Crippen LogP contribution >= 0.6 is 0 Å². The highest BCUT2D eigenvalue weighted by atomic mass is 16.7. The SMILES string of the molecule is C=CCC1(C(C=C)C(=O)O)COCOC1. The maximum atomic E-state index is 11.1. The molecule has 0 aliphatic carbocycles. The van der Waals surface area contributed by atoms with Gasteiger partial charge in [-0.1, -0.05) is 12.2 Å². The standard InChI is InChI=1S/C11H16O4/c1-3-5-11(6-14-8-15-7-11)9(4-2)10(12)13/h3-4,9H,1-2,5-8H2,(H,12,13). The Bertz CT molecular complexity index is 253. The van der Waals surface area contributed by atoms with E-state index in [0.29, 0.717) is 19.6 Å². The molecule has 1 aliphatic rings. The first-order valence-electron chi connectivity index (χ1n) is 4.78. The second-order valence-electron chi connectivity index (χ2n) is 3.72. The van der Waals surface area contributed by atoms with E-state index < -0.39 is 17.3 Å². The Hall–Kier alpha value is -1.13. The average molecular weight is 212 g/mol. The number of allylic oxidation sites excluding steroid dienone is 1. The minimum atomic E-state index is -0.902. The lowest BCUT2D eigenvalue weighted by Gasteiger charge is -2.39. The summed E-state index contributed by atoms with van der Waals surface area (Å²) in [6.07, 6.45) is 3.66. The topological polar surface area (TPSA) is 55.8 Å². The van der Waals surface area contributed by atoms with Crippen LogP contribution in [0.1, 0.15) is 6.42 Å². The molecule has 1 fully saturated rings. The third-order valence-corrected chi connectivity index (χ3v) is 2.66. The van der Waals surface area contributed by atoms with E-state index in [0.717, 1.165) is 0 Å². The van der Waals surface area contributed by atoms with Crippen LogP contribution in [0.3, 0.4) is 0 Å². The summed E-state index contributed by atoms with van der Waals surface area (Å²) < 4.78 is 10.4. The van der Waals surface area contributed by atoms with Crippen LogP contribution in [-0.2, 0) is 14.3 Å². The molecule has 1 saturated heterocycles. The minimum Gasteiger partial charge on any atom is -0.481 e. The molecule has 0 amide bonds. The fourth-order valence-corrected chi connectivity index (χ4v) is 1.92. The Labute approximate surface area is 89.2 Å². The molecule has 4 nitrogen and oxygen atoms in total. The zero-order chi connectivity index (χ0) is 11.3.